The van der Waals surface area contributed by atoms with Crippen LogP contribution in [0.25, 0.3) is 0 Å². The molecule has 1 aromatic rings. The number of hydrogen-bond donors (Lipinski definition) is 1. The second-order valence-electron chi connectivity index (χ2n) is 2.92. The van der Waals surface area contributed by atoms with Crippen molar-refractivity contribution in [2.45, 2.75) is 19.4 Å². The zero-order valence-electron chi connectivity index (χ0n) is 7.75. The summed E-state index contributed by atoms with van der Waals surface area (Å²) in [6.07, 6.45) is 6.02. The van der Waals surface area contributed by atoms with Crippen molar-refractivity contribution in [3.63, 3.8) is 0 Å². The predicted octanol–water partition coefficient (Wildman–Crippen LogP) is 1.49. The van der Waals surface area contributed by atoms with Crippen LogP contribution >= 0.6 is 11.6 Å². The van der Waals surface area contributed by atoms with Crippen LogP contribution in [0.2, 0.25) is 0 Å². The maximum atomic E-state index is 5.55. The van der Waals surface area contributed by atoms with Crippen molar-refractivity contribution in [1.29, 1.82) is 0 Å². The zero-order valence-corrected chi connectivity index (χ0v) is 8.50. The molecule has 0 radical (unpaired) electrons. The van der Waals surface area contributed by atoms with E-state index in [4.69, 9.17) is 11.6 Å². The summed E-state index contributed by atoms with van der Waals surface area (Å²) in [5.41, 5.74) is 0. The molecular weight excluding hydrogens is 186 g/mol. The lowest BCUT2D eigenvalue weighted by Gasteiger charge is -2.03. The summed E-state index contributed by atoms with van der Waals surface area (Å²) >= 11 is 5.55. The Hall–Kier alpha value is -0.540. The van der Waals surface area contributed by atoms with Crippen LogP contribution < -0.4 is 5.32 Å². The Kier molecular flexibility index (Phi) is 5.61. The molecule has 0 saturated carbocycles. The van der Waals surface area contributed by atoms with Gasteiger partial charge in [0.25, 0.3) is 0 Å². The van der Waals surface area contributed by atoms with E-state index in [1.54, 1.807) is 6.20 Å². The molecule has 1 rings (SSSR count). The van der Waals surface area contributed by atoms with Crippen molar-refractivity contribution in [2.75, 3.05) is 19.0 Å². The maximum absolute atomic E-state index is 5.55. The molecule has 3 nitrogen and oxygen atoms in total. The molecule has 1 N–H and O–H groups in total. The van der Waals surface area contributed by atoms with Crippen LogP contribution in [0.15, 0.2) is 18.5 Å². The molecule has 0 spiro atoms. The molecule has 0 atom stereocenters. The highest BCUT2D eigenvalue weighted by Crippen LogP contribution is 1.89. The summed E-state index contributed by atoms with van der Waals surface area (Å²) in [5, 5.41) is 7.44. The van der Waals surface area contributed by atoms with E-state index in [0.717, 1.165) is 38.4 Å². The van der Waals surface area contributed by atoms with E-state index in [1.165, 1.54) is 0 Å². The summed E-state index contributed by atoms with van der Waals surface area (Å²) in [6, 6.07) is 1.94. The smallest absolute Gasteiger partial charge is 0.0533 e. The van der Waals surface area contributed by atoms with Crippen molar-refractivity contribution in [2.24, 2.45) is 0 Å². The maximum Gasteiger partial charge on any atom is 0.0533 e. The summed E-state index contributed by atoms with van der Waals surface area (Å²) in [6.45, 7) is 2.96. The van der Waals surface area contributed by atoms with Crippen molar-refractivity contribution in [3.05, 3.63) is 18.5 Å². The van der Waals surface area contributed by atoms with E-state index in [9.17, 15) is 0 Å². The van der Waals surface area contributed by atoms with Crippen LogP contribution in [0.5, 0.6) is 0 Å². The number of hydrogen-bond acceptors (Lipinski definition) is 2. The SMILES string of the molecule is ClCCCCNCCn1cccn1. The average molecular weight is 202 g/mol. The van der Waals surface area contributed by atoms with Gasteiger partial charge in [0, 0.05) is 24.8 Å². The number of nitrogens with one attached hydrogen (secondary N) is 1. The molecule has 0 aliphatic carbocycles. The third-order valence-corrected chi connectivity index (χ3v) is 2.08. The van der Waals surface area contributed by atoms with Crippen LogP contribution in [-0.4, -0.2) is 28.8 Å². The van der Waals surface area contributed by atoms with Crippen molar-refractivity contribution in [1.82, 2.24) is 15.1 Å². The Bertz CT molecular complexity index is 199. The number of halogens is 1. The molecule has 74 valence electrons. The van der Waals surface area contributed by atoms with E-state index < -0.39 is 0 Å². The lowest BCUT2D eigenvalue weighted by Crippen LogP contribution is -2.21. The fourth-order valence-electron chi connectivity index (χ4n) is 1.10. The minimum Gasteiger partial charge on any atom is -0.315 e. The average Bonchev–Trinajstić information content (AvgIpc) is 2.63. The minimum atomic E-state index is 0.765. The van der Waals surface area contributed by atoms with Gasteiger partial charge in [-0.05, 0) is 25.5 Å². The van der Waals surface area contributed by atoms with Crippen LogP contribution in [0.3, 0.4) is 0 Å². The van der Waals surface area contributed by atoms with Gasteiger partial charge in [0.05, 0.1) is 6.54 Å². The Morgan fingerprint density at radius 1 is 1.31 bits per heavy atom. The first-order valence-electron chi connectivity index (χ1n) is 4.67. The van der Waals surface area contributed by atoms with E-state index in [1.807, 2.05) is 16.9 Å². The summed E-state index contributed by atoms with van der Waals surface area (Å²) < 4.78 is 1.93. The molecule has 0 bridgehead atoms. The van der Waals surface area contributed by atoms with Gasteiger partial charge in [0.2, 0.25) is 0 Å². The second kappa shape index (κ2) is 6.92. The van der Waals surface area contributed by atoms with Crippen LogP contribution in [0.4, 0.5) is 0 Å². The first-order chi connectivity index (χ1) is 6.43. The highest BCUT2D eigenvalue weighted by molar-refractivity contribution is 6.17. The molecule has 0 aromatic carbocycles. The van der Waals surface area contributed by atoms with Crippen LogP contribution in [0.1, 0.15) is 12.8 Å². The summed E-state index contributed by atoms with van der Waals surface area (Å²) in [4.78, 5) is 0. The lowest BCUT2D eigenvalue weighted by molar-refractivity contribution is 0.546. The summed E-state index contributed by atoms with van der Waals surface area (Å²) in [5.74, 6) is 0.765. The van der Waals surface area contributed by atoms with Gasteiger partial charge in [-0.15, -0.1) is 11.6 Å². The normalized spacial score (nSPS) is 10.5. The molecule has 0 fully saturated rings. The highest BCUT2D eigenvalue weighted by Gasteiger charge is 1.90. The van der Waals surface area contributed by atoms with Gasteiger partial charge in [-0.3, -0.25) is 4.68 Å². The number of aromatic nitrogens is 2. The van der Waals surface area contributed by atoms with Gasteiger partial charge >= 0.3 is 0 Å². The third kappa shape index (κ3) is 4.90. The van der Waals surface area contributed by atoms with Gasteiger partial charge in [-0.25, -0.2) is 0 Å². The number of alkyl halides is 1. The van der Waals surface area contributed by atoms with E-state index in [2.05, 4.69) is 10.4 Å². The first kappa shape index (κ1) is 10.5. The van der Waals surface area contributed by atoms with Gasteiger partial charge < -0.3 is 5.32 Å². The molecule has 0 amide bonds. The molecule has 0 aliphatic heterocycles. The van der Waals surface area contributed by atoms with Crippen molar-refractivity contribution in [3.8, 4) is 0 Å². The number of rotatable bonds is 7. The fraction of sp³-hybridized carbons (Fsp3) is 0.667. The Labute approximate surface area is 84.1 Å². The Morgan fingerprint density at radius 2 is 2.23 bits per heavy atom. The monoisotopic (exact) mass is 201 g/mol. The molecule has 1 aromatic heterocycles. The molecule has 0 unspecified atom stereocenters. The predicted molar refractivity (Wildman–Crippen MR) is 55.1 cm³/mol. The lowest BCUT2D eigenvalue weighted by atomic mass is 10.3. The molecule has 0 saturated heterocycles. The Morgan fingerprint density at radius 3 is 2.92 bits per heavy atom. The van der Waals surface area contributed by atoms with Crippen LogP contribution in [0, 0.1) is 0 Å². The highest BCUT2D eigenvalue weighted by atomic mass is 35.5. The third-order valence-electron chi connectivity index (χ3n) is 1.81. The topological polar surface area (TPSA) is 29.9 Å². The van der Waals surface area contributed by atoms with Crippen LogP contribution in [-0.2, 0) is 6.54 Å². The quantitative estimate of drug-likeness (QED) is 0.535. The first-order valence-corrected chi connectivity index (χ1v) is 5.21. The van der Waals surface area contributed by atoms with Gasteiger partial charge in [0.15, 0.2) is 0 Å². The largest absolute Gasteiger partial charge is 0.315 e. The molecule has 1 heterocycles. The fourth-order valence-corrected chi connectivity index (χ4v) is 1.28. The molecule has 0 aliphatic rings. The Balaban J connectivity index is 1.90. The second-order valence-corrected chi connectivity index (χ2v) is 3.29. The zero-order chi connectivity index (χ0) is 9.36. The summed E-state index contributed by atoms with van der Waals surface area (Å²) in [7, 11) is 0. The van der Waals surface area contributed by atoms with Crippen molar-refractivity contribution >= 4 is 11.6 Å². The standard InChI is InChI=1S/C9H16ClN3/c10-4-1-2-5-11-7-9-13-8-3-6-12-13/h3,6,8,11H,1-2,4-5,7,9H2. The van der Waals surface area contributed by atoms with E-state index in [0.29, 0.717) is 0 Å². The number of nitrogens with zero attached hydrogens (tertiary/aromatic N) is 2. The molecule has 4 heteroatoms. The van der Waals surface area contributed by atoms with Gasteiger partial charge in [0.1, 0.15) is 0 Å². The van der Waals surface area contributed by atoms with Crippen molar-refractivity contribution < 1.29 is 0 Å². The van der Waals surface area contributed by atoms with E-state index >= 15 is 0 Å². The van der Waals surface area contributed by atoms with E-state index in [-0.39, 0.29) is 0 Å². The minimum absolute atomic E-state index is 0.765. The number of unbranched alkanes of at least 4 members (excludes halogenated alkanes) is 1. The molecule has 13 heavy (non-hydrogen) atoms. The molecular formula is C9H16ClN3. The van der Waals surface area contributed by atoms with Gasteiger partial charge in [-0.2, -0.15) is 5.10 Å². The van der Waals surface area contributed by atoms with Gasteiger partial charge in [-0.1, -0.05) is 0 Å².